The molecule has 0 aliphatic rings. The molecule has 0 radical (unpaired) electrons. The van der Waals surface area contributed by atoms with Crippen molar-refractivity contribution in [2.75, 3.05) is 0 Å². The fourth-order valence-corrected chi connectivity index (χ4v) is 4.46. The number of nitrogens with zero attached hydrogens (tertiary/aromatic N) is 4. The van der Waals surface area contributed by atoms with Gasteiger partial charge in [-0.15, -0.1) is 12.1 Å². The van der Waals surface area contributed by atoms with Gasteiger partial charge in [-0.25, -0.2) is 0 Å². The molecule has 2 aromatic heterocycles. The summed E-state index contributed by atoms with van der Waals surface area (Å²) in [6.07, 6.45) is 5.53. The van der Waals surface area contributed by atoms with Crippen molar-refractivity contribution < 1.29 is 20.1 Å². The Morgan fingerprint density at radius 2 is 0.610 bits per heavy atom. The molecule has 2 heterocycles. The van der Waals surface area contributed by atoms with Gasteiger partial charge in [0.1, 0.15) is 0 Å². The number of hydrogen-bond donors (Lipinski definition) is 0. The normalized spacial score (nSPS) is 10.2. The Bertz CT molecular complexity index is 1510. The maximum Gasteiger partial charge on any atom is 3.00 e. The number of rotatable bonds is 4. The Balaban J connectivity index is 0.000000184. The first-order valence-corrected chi connectivity index (χ1v) is 13.2. The van der Waals surface area contributed by atoms with Crippen molar-refractivity contribution in [2.45, 2.75) is 27.7 Å². The van der Waals surface area contributed by atoms with Gasteiger partial charge in [-0.3, -0.25) is 0 Å². The third-order valence-corrected chi connectivity index (χ3v) is 6.48. The maximum absolute atomic E-state index is 4.26. The van der Waals surface area contributed by atoms with Gasteiger partial charge in [0.15, 0.2) is 0 Å². The van der Waals surface area contributed by atoms with Crippen LogP contribution in [0.15, 0.2) is 109 Å². The van der Waals surface area contributed by atoms with E-state index in [1.54, 1.807) is 0 Å². The molecule has 0 amide bonds. The average molecular weight is 711 g/mol. The predicted octanol–water partition coefficient (Wildman–Crippen LogP) is 8.45. The van der Waals surface area contributed by atoms with Crippen LogP contribution in [0.4, 0.5) is 0 Å². The number of aryl methyl sites for hydroxylation is 4. The fourth-order valence-electron chi connectivity index (χ4n) is 4.46. The molecule has 0 fully saturated rings. The third kappa shape index (κ3) is 7.88. The van der Waals surface area contributed by atoms with E-state index in [0.717, 1.165) is 45.0 Å². The van der Waals surface area contributed by atoms with E-state index in [2.05, 4.69) is 133 Å². The molecule has 0 bridgehead atoms. The summed E-state index contributed by atoms with van der Waals surface area (Å²) in [7, 11) is 0. The van der Waals surface area contributed by atoms with Gasteiger partial charge in [-0.1, -0.05) is 142 Å². The Kier molecular flexibility index (Phi) is 10.0. The molecule has 4 aromatic carbocycles. The molecule has 0 spiro atoms. The van der Waals surface area contributed by atoms with Gasteiger partial charge in [0.25, 0.3) is 0 Å². The monoisotopic (exact) mass is 711 g/mol. The first-order valence-electron chi connectivity index (χ1n) is 13.2. The summed E-state index contributed by atoms with van der Waals surface area (Å²) in [6.45, 7) is 8.32. The molecule has 4 nitrogen and oxygen atoms in total. The van der Waals surface area contributed by atoms with Gasteiger partial charge in [0.05, 0.1) is 0 Å². The minimum Gasteiger partial charge on any atom is -0.366 e. The van der Waals surface area contributed by atoms with Crippen LogP contribution in [0, 0.1) is 40.3 Å². The molecule has 0 N–H and O–H groups in total. The van der Waals surface area contributed by atoms with Crippen molar-refractivity contribution in [1.82, 2.24) is 19.9 Å². The maximum atomic E-state index is 4.26. The molecule has 0 aliphatic heterocycles. The zero-order valence-electron chi connectivity index (χ0n) is 23.5. The Morgan fingerprint density at radius 3 is 0.829 bits per heavy atom. The van der Waals surface area contributed by atoms with Crippen LogP contribution in [-0.4, -0.2) is 19.9 Å². The number of hydrogen-bond acceptors (Lipinski definition) is 4. The zero-order valence-corrected chi connectivity index (χ0v) is 25.9. The first kappa shape index (κ1) is 29.7. The van der Waals surface area contributed by atoms with E-state index in [-0.39, 0.29) is 20.1 Å². The van der Waals surface area contributed by atoms with Gasteiger partial charge in [-0.2, -0.15) is 0 Å². The molecule has 202 valence electrons. The minimum absolute atomic E-state index is 0. The van der Waals surface area contributed by atoms with E-state index < -0.39 is 0 Å². The molecule has 6 aromatic rings. The second kappa shape index (κ2) is 13.8. The fraction of sp³-hybridized carbons (Fsp3) is 0.111. The van der Waals surface area contributed by atoms with E-state index in [9.17, 15) is 0 Å². The molecule has 0 saturated carbocycles. The summed E-state index contributed by atoms with van der Waals surface area (Å²) in [5.41, 5.74) is 12.9. The summed E-state index contributed by atoms with van der Waals surface area (Å²) in [4.78, 5) is 17.1. The van der Waals surface area contributed by atoms with Crippen molar-refractivity contribution in [3.8, 4) is 45.0 Å². The SMILES string of the molecule is Cc1cccc(-c2cc(-c3cccc(C)c3)n[c-]n2)c1.Cc1cccc(-c2cc(-c3cccc(C)c3)n[c-]n2)c1.[Ir+3]. The molecule has 0 aliphatic carbocycles. The van der Waals surface area contributed by atoms with Crippen LogP contribution < -0.4 is 0 Å². The number of benzene rings is 4. The smallest absolute Gasteiger partial charge is 0.366 e. The van der Waals surface area contributed by atoms with E-state index in [0.29, 0.717) is 0 Å². The molecular weight excluding hydrogens is 681 g/mol. The van der Waals surface area contributed by atoms with Crippen LogP contribution in [0.3, 0.4) is 0 Å². The van der Waals surface area contributed by atoms with Crippen molar-refractivity contribution in [3.05, 3.63) is 144 Å². The van der Waals surface area contributed by atoms with E-state index in [1.165, 1.54) is 22.3 Å². The van der Waals surface area contributed by atoms with Crippen LogP contribution >= 0.6 is 0 Å². The Labute approximate surface area is 256 Å². The van der Waals surface area contributed by atoms with Crippen LogP contribution in [0.1, 0.15) is 22.3 Å². The molecule has 0 atom stereocenters. The van der Waals surface area contributed by atoms with Gasteiger partial charge in [0.2, 0.25) is 0 Å². The van der Waals surface area contributed by atoms with Gasteiger partial charge >= 0.3 is 20.1 Å². The number of aromatic nitrogens is 4. The molecule has 41 heavy (non-hydrogen) atoms. The third-order valence-electron chi connectivity index (χ3n) is 6.48. The van der Waals surface area contributed by atoms with Gasteiger partial charge in [-0.05, 0) is 50.5 Å². The average Bonchev–Trinajstić information content (AvgIpc) is 2.98. The molecule has 6 rings (SSSR count). The van der Waals surface area contributed by atoms with Crippen molar-refractivity contribution in [1.29, 1.82) is 0 Å². The molecular formula is C36H30IrN4+. The second-order valence-electron chi connectivity index (χ2n) is 9.95. The van der Waals surface area contributed by atoms with Crippen molar-refractivity contribution in [3.63, 3.8) is 0 Å². The predicted molar refractivity (Wildman–Crippen MR) is 162 cm³/mol. The molecule has 0 unspecified atom stereocenters. The first-order chi connectivity index (χ1) is 19.4. The largest absolute Gasteiger partial charge is 3.00 e. The van der Waals surface area contributed by atoms with E-state index in [1.807, 2.05) is 36.4 Å². The minimum atomic E-state index is 0. The molecule has 5 heteroatoms. The Hall–Kier alpha value is -4.31. The van der Waals surface area contributed by atoms with Crippen LogP contribution in [0.25, 0.3) is 45.0 Å². The van der Waals surface area contributed by atoms with Crippen molar-refractivity contribution in [2.24, 2.45) is 0 Å². The van der Waals surface area contributed by atoms with Crippen LogP contribution in [0.2, 0.25) is 0 Å². The van der Waals surface area contributed by atoms with E-state index in [4.69, 9.17) is 0 Å². The second-order valence-corrected chi connectivity index (χ2v) is 9.95. The standard InChI is InChI=1S/2C18H15N2.Ir/c2*1-13-5-3-7-15(9-13)17-11-18(20-12-19-17)16-8-4-6-14(2)10-16;/h2*3-11H,1-2H3;/q2*-1;+3. The van der Waals surface area contributed by atoms with Crippen LogP contribution in [-0.2, 0) is 20.1 Å². The summed E-state index contributed by atoms with van der Waals surface area (Å²) in [5, 5.41) is 0. The summed E-state index contributed by atoms with van der Waals surface area (Å²) >= 11 is 0. The summed E-state index contributed by atoms with van der Waals surface area (Å²) < 4.78 is 0. The topological polar surface area (TPSA) is 51.6 Å². The van der Waals surface area contributed by atoms with Gasteiger partial charge < -0.3 is 19.9 Å². The van der Waals surface area contributed by atoms with Gasteiger partial charge in [0, 0.05) is 12.7 Å². The summed E-state index contributed by atoms with van der Waals surface area (Å²) in [5.74, 6) is 0. The summed E-state index contributed by atoms with van der Waals surface area (Å²) in [6, 6.07) is 37.2. The molecule has 0 saturated heterocycles. The zero-order chi connectivity index (χ0) is 27.9. The Morgan fingerprint density at radius 1 is 0.366 bits per heavy atom. The quantitative estimate of drug-likeness (QED) is 0.172. The van der Waals surface area contributed by atoms with E-state index >= 15 is 0 Å². The van der Waals surface area contributed by atoms with Crippen LogP contribution in [0.5, 0.6) is 0 Å². The van der Waals surface area contributed by atoms with Crippen molar-refractivity contribution >= 4 is 0 Å².